The van der Waals surface area contributed by atoms with E-state index in [2.05, 4.69) is 62.2 Å². The monoisotopic (exact) mass is 780 g/mol. The molecule has 280 valence electrons. The van der Waals surface area contributed by atoms with Crippen LogP contribution in [-0.4, -0.2) is 60.0 Å². The van der Waals surface area contributed by atoms with Crippen molar-refractivity contribution in [2.75, 3.05) is 29.5 Å². The van der Waals surface area contributed by atoms with Gasteiger partial charge in [0.25, 0.3) is 0 Å². The number of hydrogen-bond acceptors (Lipinski definition) is 12. The summed E-state index contributed by atoms with van der Waals surface area (Å²) in [4.78, 5) is 54.3. The Bertz CT molecular complexity index is 2610. The SMILES string of the molecule is CCNC(=O)Nc1nc2cc(-c3ccc(C)nc3)cc(-c3ccccn3)c2s1.CCNC(=O)Nc1nc2cc(-c3cccnc3)cc(-c3cnc(N)nc3)c2s1. The van der Waals surface area contributed by atoms with E-state index in [1.54, 1.807) is 31.0 Å². The molecule has 0 aliphatic rings. The molecular weight excluding hydrogens is 745 g/mol. The van der Waals surface area contributed by atoms with Gasteiger partial charge in [0.15, 0.2) is 10.3 Å². The molecule has 0 radical (unpaired) electrons. The summed E-state index contributed by atoms with van der Waals surface area (Å²) in [5.41, 5.74) is 15.7. The Morgan fingerprint density at radius 1 is 0.625 bits per heavy atom. The lowest BCUT2D eigenvalue weighted by atomic mass is 10.0. The molecular formula is C40H36N12O2S2. The number of thiazole rings is 2. The number of nitrogens with zero attached hydrogens (tertiary/aromatic N) is 7. The topological polar surface area (TPSA) is 199 Å². The fraction of sp³-hybridized carbons (Fsp3) is 0.125. The Balaban J connectivity index is 0.000000172. The van der Waals surface area contributed by atoms with Gasteiger partial charge in [-0.3, -0.25) is 25.6 Å². The highest BCUT2D eigenvalue weighted by Gasteiger charge is 2.17. The first-order valence-electron chi connectivity index (χ1n) is 17.6. The molecule has 2 aromatic carbocycles. The van der Waals surface area contributed by atoms with Crippen LogP contribution in [0.25, 0.3) is 65.1 Å². The number of anilines is 3. The number of hydrogen-bond donors (Lipinski definition) is 5. The number of amides is 4. The zero-order valence-corrected chi connectivity index (χ0v) is 32.2. The number of nitrogens with two attached hydrogens (primary N) is 1. The fourth-order valence-electron chi connectivity index (χ4n) is 5.69. The average molecular weight is 781 g/mol. The van der Waals surface area contributed by atoms with E-state index in [0.717, 1.165) is 70.8 Å². The van der Waals surface area contributed by atoms with Gasteiger partial charge in [-0.05, 0) is 80.4 Å². The second kappa shape index (κ2) is 17.0. The van der Waals surface area contributed by atoms with Crippen molar-refractivity contribution in [2.45, 2.75) is 20.8 Å². The summed E-state index contributed by atoms with van der Waals surface area (Å²) in [5.74, 6) is 0.214. The zero-order chi connectivity index (χ0) is 39.0. The van der Waals surface area contributed by atoms with E-state index in [1.807, 2.05) is 87.6 Å². The quantitative estimate of drug-likeness (QED) is 0.0998. The molecule has 0 unspecified atom stereocenters. The van der Waals surface area contributed by atoms with E-state index in [9.17, 15) is 9.59 Å². The number of aryl methyl sites for hydroxylation is 1. The van der Waals surface area contributed by atoms with Gasteiger partial charge in [-0.1, -0.05) is 40.9 Å². The minimum atomic E-state index is -0.286. The first-order chi connectivity index (χ1) is 27.3. The van der Waals surface area contributed by atoms with E-state index in [-0.39, 0.29) is 18.0 Å². The molecule has 4 amide bonds. The number of rotatable bonds is 8. The van der Waals surface area contributed by atoms with E-state index in [4.69, 9.17) is 5.73 Å². The van der Waals surface area contributed by atoms with Crippen LogP contribution in [0.3, 0.4) is 0 Å². The van der Waals surface area contributed by atoms with E-state index < -0.39 is 0 Å². The maximum atomic E-state index is 11.9. The van der Waals surface area contributed by atoms with Crippen molar-refractivity contribution in [3.05, 3.63) is 110 Å². The number of pyridine rings is 3. The van der Waals surface area contributed by atoms with Crippen LogP contribution < -0.4 is 27.0 Å². The van der Waals surface area contributed by atoms with Crippen LogP contribution in [0.5, 0.6) is 0 Å². The highest BCUT2D eigenvalue weighted by atomic mass is 32.1. The van der Waals surface area contributed by atoms with E-state index in [1.165, 1.54) is 22.7 Å². The van der Waals surface area contributed by atoms with Crippen molar-refractivity contribution in [3.8, 4) is 44.6 Å². The van der Waals surface area contributed by atoms with E-state index in [0.29, 0.717) is 23.4 Å². The van der Waals surface area contributed by atoms with Gasteiger partial charge in [0.05, 0.1) is 26.1 Å². The third kappa shape index (κ3) is 8.72. The molecule has 0 saturated carbocycles. The van der Waals surface area contributed by atoms with Crippen molar-refractivity contribution in [2.24, 2.45) is 0 Å². The van der Waals surface area contributed by atoms with Crippen molar-refractivity contribution in [3.63, 3.8) is 0 Å². The Labute approximate surface area is 329 Å². The highest BCUT2D eigenvalue weighted by molar-refractivity contribution is 7.23. The van der Waals surface area contributed by atoms with E-state index >= 15 is 0 Å². The number of nitrogen functional groups attached to an aromatic ring is 1. The summed E-state index contributed by atoms with van der Waals surface area (Å²) in [5, 5.41) is 12.1. The standard InChI is InChI=1S/C21H19N5OS.C19H17N7OS/c1-3-22-20(27)26-21-25-18-11-15(14-8-7-13(2)24-12-14)10-16(19(18)28-21)17-6-4-5-9-23-17;1-2-22-18(27)26-19-25-15-7-12(11-4-3-5-21-8-11)6-14(16(15)28-19)13-9-23-17(20)24-10-13/h4-12H,3H2,1-2H3,(H2,22,25,26,27);3-10H,2H2,1H3,(H2,20,23,24)(H2,22,25,26,27). The summed E-state index contributed by atoms with van der Waals surface area (Å²) >= 11 is 2.84. The molecule has 0 bridgehead atoms. The minimum absolute atomic E-state index is 0.214. The summed E-state index contributed by atoms with van der Waals surface area (Å²) in [7, 11) is 0. The van der Waals surface area contributed by atoms with Crippen molar-refractivity contribution >= 4 is 71.4 Å². The smallest absolute Gasteiger partial charge is 0.321 e. The molecule has 6 aromatic heterocycles. The Hall–Kier alpha value is -6.91. The molecule has 6 N–H and O–H groups in total. The first-order valence-corrected chi connectivity index (χ1v) is 19.2. The van der Waals surface area contributed by atoms with Crippen molar-refractivity contribution < 1.29 is 9.59 Å². The fourth-order valence-corrected chi connectivity index (χ4v) is 7.63. The molecule has 56 heavy (non-hydrogen) atoms. The molecule has 0 fully saturated rings. The Morgan fingerprint density at radius 2 is 1.23 bits per heavy atom. The number of nitrogens with one attached hydrogen (secondary N) is 4. The highest BCUT2D eigenvalue weighted by Crippen LogP contribution is 2.39. The van der Waals surface area contributed by atoms with Crippen LogP contribution in [-0.2, 0) is 0 Å². The van der Waals surface area contributed by atoms with Crippen LogP contribution in [0.4, 0.5) is 25.8 Å². The predicted molar refractivity (Wildman–Crippen MR) is 224 cm³/mol. The van der Waals surface area contributed by atoms with Gasteiger partial charge in [0.1, 0.15) is 0 Å². The second-order valence-corrected chi connectivity index (χ2v) is 14.2. The summed E-state index contributed by atoms with van der Waals surface area (Å²) in [6.07, 6.45) is 10.5. The van der Waals surface area contributed by atoms with Gasteiger partial charge in [0.2, 0.25) is 5.95 Å². The summed E-state index contributed by atoms with van der Waals surface area (Å²) in [6.45, 7) is 6.79. The summed E-state index contributed by atoms with van der Waals surface area (Å²) in [6, 6.07) is 21.3. The predicted octanol–water partition coefficient (Wildman–Crippen LogP) is 8.41. The largest absolute Gasteiger partial charge is 0.368 e. The molecule has 0 aliphatic carbocycles. The van der Waals surface area contributed by atoms with Gasteiger partial charge >= 0.3 is 12.1 Å². The second-order valence-electron chi connectivity index (χ2n) is 12.2. The van der Waals surface area contributed by atoms with Gasteiger partial charge in [-0.25, -0.2) is 29.5 Å². The number of carbonyl (C=O) groups excluding carboxylic acids is 2. The van der Waals surface area contributed by atoms with Crippen molar-refractivity contribution in [1.82, 2.24) is 45.5 Å². The Morgan fingerprint density at radius 3 is 1.79 bits per heavy atom. The van der Waals surface area contributed by atoms with Crippen LogP contribution in [0.15, 0.2) is 104 Å². The molecule has 0 spiro atoms. The van der Waals surface area contributed by atoms with Crippen LogP contribution in [0, 0.1) is 6.92 Å². The van der Waals surface area contributed by atoms with Crippen LogP contribution >= 0.6 is 22.7 Å². The van der Waals surface area contributed by atoms with Gasteiger partial charge in [0, 0.05) is 83.8 Å². The lowest BCUT2D eigenvalue weighted by Gasteiger charge is -2.07. The van der Waals surface area contributed by atoms with Gasteiger partial charge < -0.3 is 16.4 Å². The maximum Gasteiger partial charge on any atom is 0.321 e. The first kappa shape index (κ1) is 37.4. The minimum Gasteiger partial charge on any atom is -0.368 e. The maximum absolute atomic E-state index is 11.9. The Kier molecular flexibility index (Phi) is 11.4. The average Bonchev–Trinajstić information content (AvgIpc) is 3.82. The lowest BCUT2D eigenvalue weighted by molar-refractivity contribution is 0.251. The lowest BCUT2D eigenvalue weighted by Crippen LogP contribution is -2.28. The molecule has 14 nitrogen and oxygen atoms in total. The van der Waals surface area contributed by atoms with Crippen LogP contribution in [0.1, 0.15) is 19.5 Å². The molecule has 0 saturated heterocycles. The van der Waals surface area contributed by atoms with Crippen LogP contribution in [0.2, 0.25) is 0 Å². The zero-order valence-electron chi connectivity index (χ0n) is 30.6. The number of benzene rings is 2. The number of aromatic nitrogens is 7. The molecule has 0 atom stereocenters. The molecule has 8 aromatic rings. The molecule has 6 heterocycles. The number of fused-ring (bicyclic) bond motifs is 2. The molecule has 0 aliphatic heterocycles. The molecule has 16 heteroatoms. The molecule has 8 rings (SSSR count). The normalized spacial score (nSPS) is 10.8. The van der Waals surface area contributed by atoms with Gasteiger partial charge in [-0.15, -0.1) is 0 Å². The number of urea groups is 2. The third-order valence-corrected chi connectivity index (χ3v) is 10.3. The third-order valence-electron chi connectivity index (χ3n) is 8.26. The summed E-state index contributed by atoms with van der Waals surface area (Å²) < 4.78 is 1.90. The van der Waals surface area contributed by atoms with Gasteiger partial charge in [-0.2, -0.15) is 0 Å². The number of carbonyl (C=O) groups is 2. The van der Waals surface area contributed by atoms with Crippen molar-refractivity contribution in [1.29, 1.82) is 0 Å².